The molecule has 0 aliphatic heterocycles. The minimum atomic E-state index is -0.386. The lowest BCUT2D eigenvalue weighted by Crippen LogP contribution is -2.31. The number of aromatic nitrogens is 2. The number of carbonyl (C=O) groups excluding carboxylic acids is 1. The van der Waals surface area contributed by atoms with E-state index in [2.05, 4.69) is 20.6 Å². The number of nitrogens with one attached hydrogen (secondary N) is 4. The molecule has 112 valence electrons. The van der Waals surface area contributed by atoms with Crippen molar-refractivity contribution in [3.8, 4) is 0 Å². The van der Waals surface area contributed by atoms with Gasteiger partial charge in [0.1, 0.15) is 6.04 Å². The van der Waals surface area contributed by atoms with E-state index >= 15 is 0 Å². The summed E-state index contributed by atoms with van der Waals surface area (Å²) in [6, 6.07) is 14.4. The Morgan fingerprint density at radius 1 is 1.00 bits per heavy atom. The molecular formula is C16H16N4O2. The zero-order valence-corrected chi connectivity index (χ0v) is 12.0. The van der Waals surface area contributed by atoms with Crippen molar-refractivity contribution in [3.63, 3.8) is 0 Å². The van der Waals surface area contributed by atoms with Crippen LogP contribution in [-0.4, -0.2) is 21.9 Å². The first-order valence-corrected chi connectivity index (χ1v) is 6.96. The average Bonchev–Trinajstić information content (AvgIpc) is 2.87. The van der Waals surface area contributed by atoms with Gasteiger partial charge >= 0.3 is 5.69 Å². The number of para-hydroxylation sites is 1. The molecule has 0 spiro atoms. The highest BCUT2D eigenvalue weighted by atomic mass is 16.2. The van der Waals surface area contributed by atoms with E-state index in [0.29, 0.717) is 16.7 Å². The van der Waals surface area contributed by atoms with Crippen LogP contribution in [0.4, 0.5) is 11.4 Å². The minimum absolute atomic E-state index is 0.152. The molecule has 0 fully saturated rings. The van der Waals surface area contributed by atoms with Crippen LogP contribution in [0.1, 0.15) is 6.92 Å². The lowest BCUT2D eigenvalue weighted by molar-refractivity contribution is -0.116. The van der Waals surface area contributed by atoms with Crippen LogP contribution in [0.25, 0.3) is 11.0 Å². The van der Waals surface area contributed by atoms with E-state index in [-0.39, 0.29) is 17.6 Å². The number of amides is 1. The second-order valence-corrected chi connectivity index (χ2v) is 5.06. The standard InChI is InChI=1S/C16H16N4O2/c1-10(17-11-5-3-2-4-6-11)15(21)18-12-7-8-13-14(9-12)20-16(22)19-13/h2-10,17H,1H3,(H,18,21)(H2,19,20,22)/t10-/m0/s1. The third kappa shape index (κ3) is 3.01. The predicted octanol–water partition coefficient (Wildman–Crippen LogP) is 2.30. The first-order valence-electron chi connectivity index (χ1n) is 6.96. The summed E-state index contributed by atoms with van der Waals surface area (Å²) in [5, 5.41) is 5.95. The molecule has 3 aromatic rings. The molecule has 1 atom stereocenters. The van der Waals surface area contributed by atoms with Gasteiger partial charge < -0.3 is 20.6 Å². The van der Waals surface area contributed by atoms with Crippen LogP contribution in [0, 0.1) is 0 Å². The topological polar surface area (TPSA) is 89.8 Å². The van der Waals surface area contributed by atoms with Crippen LogP contribution in [-0.2, 0) is 4.79 Å². The third-order valence-electron chi connectivity index (χ3n) is 3.33. The quantitative estimate of drug-likeness (QED) is 0.595. The molecule has 4 N–H and O–H groups in total. The molecule has 22 heavy (non-hydrogen) atoms. The molecule has 2 aromatic carbocycles. The fourth-order valence-electron chi connectivity index (χ4n) is 2.21. The van der Waals surface area contributed by atoms with Gasteiger partial charge in [-0.05, 0) is 37.3 Å². The number of hydrogen-bond acceptors (Lipinski definition) is 3. The van der Waals surface area contributed by atoms with Crippen LogP contribution in [0.3, 0.4) is 0 Å². The molecular weight excluding hydrogens is 280 g/mol. The Kier molecular flexibility index (Phi) is 3.65. The first-order chi connectivity index (χ1) is 10.6. The van der Waals surface area contributed by atoms with Gasteiger partial charge in [0.05, 0.1) is 11.0 Å². The highest BCUT2D eigenvalue weighted by Gasteiger charge is 2.13. The molecule has 0 radical (unpaired) electrons. The van der Waals surface area contributed by atoms with Crippen molar-refractivity contribution in [2.24, 2.45) is 0 Å². The molecule has 0 unspecified atom stereocenters. The van der Waals surface area contributed by atoms with Crippen LogP contribution < -0.4 is 16.3 Å². The molecule has 0 saturated carbocycles. The average molecular weight is 296 g/mol. The Morgan fingerprint density at radius 2 is 1.73 bits per heavy atom. The number of fused-ring (bicyclic) bond motifs is 1. The van der Waals surface area contributed by atoms with Gasteiger partial charge in [0.15, 0.2) is 0 Å². The lowest BCUT2D eigenvalue weighted by Gasteiger charge is -2.15. The number of H-pyrrole nitrogens is 2. The summed E-state index contributed by atoms with van der Waals surface area (Å²) in [7, 11) is 0. The highest BCUT2D eigenvalue weighted by Crippen LogP contribution is 2.15. The summed E-state index contributed by atoms with van der Waals surface area (Å²) < 4.78 is 0. The Balaban J connectivity index is 1.70. The Bertz CT molecular complexity index is 851. The van der Waals surface area contributed by atoms with Gasteiger partial charge in [0.2, 0.25) is 5.91 Å². The largest absolute Gasteiger partial charge is 0.374 e. The molecule has 0 aliphatic rings. The van der Waals surface area contributed by atoms with Crippen molar-refractivity contribution >= 4 is 28.3 Å². The van der Waals surface area contributed by atoms with E-state index < -0.39 is 0 Å². The molecule has 1 amide bonds. The second-order valence-electron chi connectivity index (χ2n) is 5.06. The summed E-state index contributed by atoms with van der Waals surface area (Å²) in [4.78, 5) is 28.8. The van der Waals surface area contributed by atoms with Crippen molar-refractivity contribution in [2.75, 3.05) is 10.6 Å². The van der Waals surface area contributed by atoms with Crippen LogP contribution in [0.15, 0.2) is 53.3 Å². The van der Waals surface area contributed by atoms with Gasteiger partial charge in [-0.1, -0.05) is 18.2 Å². The molecule has 6 nitrogen and oxygen atoms in total. The maximum Gasteiger partial charge on any atom is 0.323 e. The first kappa shape index (κ1) is 13.9. The van der Waals surface area contributed by atoms with Gasteiger partial charge in [-0.2, -0.15) is 0 Å². The Hall–Kier alpha value is -3.02. The van der Waals surface area contributed by atoms with E-state index in [9.17, 15) is 9.59 Å². The molecule has 0 aliphatic carbocycles. The smallest absolute Gasteiger partial charge is 0.323 e. The third-order valence-corrected chi connectivity index (χ3v) is 3.33. The number of anilines is 2. The van der Waals surface area contributed by atoms with Gasteiger partial charge in [-0.25, -0.2) is 4.79 Å². The van der Waals surface area contributed by atoms with Crippen molar-refractivity contribution < 1.29 is 4.79 Å². The summed E-state index contributed by atoms with van der Waals surface area (Å²) in [6.07, 6.45) is 0. The fourth-order valence-corrected chi connectivity index (χ4v) is 2.21. The number of aromatic amines is 2. The zero-order chi connectivity index (χ0) is 15.5. The molecule has 6 heteroatoms. The summed E-state index contributed by atoms with van der Waals surface area (Å²) in [6.45, 7) is 1.79. The van der Waals surface area contributed by atoms with Gasteiger partial charge in [-0.15, -0.1) is 0 Å². The number of benzene rings is 2. The number of hydrogen-bond donors (Lipinski definition) is 4. The number of imidazole rings is 1. The minimum Gasteiger partial charge on any atom is -0.374 e. The predicted molar refractivity (Wildman–Crippen MR) is 87.1 cm³/mol. The summed E-state index contributed by atoms with van der Waals surface area (Å²) >= 11 is 0. The summed E-state index contributed by atoms with van der Waals surface area (Å²) in [5.74, 6) is -0.152. The van der Waals surface area contributed by atoms with E-state index in [1.54, 1.807) is 25.1 Å². The van der Waals surface area contributed by atoms with Gasteiger partial charge in [0, 0.05) is 11.4 Å². The number of carbonyl (C=O) groups is 1. The Labute approximate surface area is 126 Å². The van der Waals surface area contributed by atoms with Crippen LogP contribution in [0.2, 0.25) is 0 Å². The number of rotatable bonds is 4. The van der Waals surface area contributed by atoms with Crippen LogP contribution in [0.5, 0.6) is 0 Å². The molecule has 1 aromatic heterocycles. The van der Waals surface area contributed by atoms with Crippen molar-refractivity contribution in [1.29, 1.82) is 0 Å². The van der Waals surface area contributed by atoms with Crippen molar-refractivity contribution in [2.45, 2.75) is 13.0 Å². The van der Waals surface area contributed by atoms with Crippen molar-refractivity contribution in [1.82, 2.24) is 9.97 Å². The maximum atomic E-state index is 12.2. The molecule has 0 bridgehead atoms. The van der Waals surface area contributed by atoms with E-state index in [1.807, 2.05) is 30.3 Å². The monoisotopic (exact) mass is 296 g/mol. The lowest BCUT2D eigenvalue weighted by atomic mass is 10.2. The normalized spacial score (nSPS) is 12.0. The fraction of sp³-hybridized carbons (Fsp3) is 0.125. The molecule has 0 saturated heterocycles. The highest BCUT2D eigenvalue weighted by molar-refractivity contribution is 5.97. The van der Waals surface area contributed by atoms with E-state index in [0.717, 1.165) is 5.69 Å². The summed E-state index contributed by atoms with van der Waals surface area (Å²) in [5.41, 5.74) is 2.62. The van der Waals surface area contributed by atoms with Gasteiger partial charge in [-0.3, -0.25) is 4.79 Å². The van der Waals surface area contributed by atoms with Crippen LogP contribution >= 0.6 is 0 Å². The zero-order valence-electron chi connectivity index (χ0n) is 12.0. The van der Waals surface area contributed by atoms with E-state index in [1.165, 1.54) is 0 Å². The molecule has 3 rings (SSSR count). The second kappa shape index (κ2) is 5.77. The maximum absolute atomic E-state index is 12.2. The Morgan fingerprint density at radius 3 is 2.50 bits per heavy atom. The van der Waals surface area contributed by atoms with E-state index in [4.69, 9.17) is 0 Å². The van der Waals surface area contributed by atoms with Gasteiger partial charge in [0.25, 0.3) is 0 Å². The molecule has 1 heterocycles. The SMILES string of the molecule is C[C@H](Nc1ccccc1)C(=O)Nc1ccc2[nH]c(=O)[nH]c2c1. The van der Waals surface area contributed by atoms with Crippen molar-refractivity contribution in [3.05, 3.63) is 59.0 Å².